The number of esters is 1. The van der Waals surface area contributed by atoms with Crippen LogP contribution >= 0.6 is 0 Å². The largest absolute Gasteiger partial charge is 0.465 e. The summed E-state index contributed by atoms with van der Waals surface area (Å²) in [6.07, 6.45) is 7.98. The Morgan fingerprint density at radius 2 is 2.00 bits per heavy atom. The fraction of sp³-hybridized carbons (Fsp3) is 0.941. The summed E-state index contributed by atoms with van der Waals surface area (Å²) in [4.78, 5) is 14.6. The van der Waals surface area contributed by atoms with Crippen LogP contribution < -0.4 is 5.32 Å². The highest BCUT2D eigenvalue weighted by Crippen LogP contribution is 2.35. The van der Waals surface area contributed by atoms with Gasteiger partial charge in [0.15, 0.2) is 0 Å². The predicted molar refractivity (Wildman–Crippen MR) is 85.2 cm³/mol. The molecule has 122 valence electrons. The fourth-order valence-electron chi connectivity index (χ4n) is 3.88. The molecule has 3 atom stereocenters. The smallest absolute Gasteiger partial charge is 0.324 e. The van der Waals surface area contributed by atoms with Crippen LogP contribution in [0.15, 0.2) is 0 Å². The van der Waals surface area contributed by atoms with E-state index < -0.39 is 0 Å². The van der Waals surface area contributed by atoms with Crippen LogP contribution in [0.2, 0.25) is 0 Å². The zero-order valence-corrected chi connectivity index (χ0v) is 13.8. The summed E-state index contributed by atoms with van der Waals surface area (Å²) in [7, 11) is 0. The first-order chi connectivity index (χ1) is 10.2. The second-order valence-electron chi connectivity index (χ2n) is 6.61. The Balaban J connectivity index is 1.85. The van der Waals surface area contributed by atoms with Crippen molar-refractivity contribution < 1.29 is 9.53 Å². The van der Waals surface area contributed by atoms with Gasteiger partial charge < -0.3 is 15.0 Å². The molecule has 1 saturated carbocycles. The van der Waals surface area contributed by atoms with E-state index in [1.165, 1.54) is 38.6 Å². The van der Waals surface area contributed by atoms with Crippen LogP contribution in [-0.2, 0) is 9.53 Å². The molecular weight excluding hydrogens is 264 g/mol. The van der Waals surface area contributed by atoms with Crippen molar-refractivity contribution in [2.24, 2.45) is 11.8 Å². The first-order valence-electron chi connectivity index (χ1n) is 8.87. The number of carbonyl (C=O) groups excluding carboxylic acids is 1. The number of ether oxygens (including phenoxy) is 1. The lowest BCUT2D eigenvalue weighted by atomic mass is 9.75. The summed E-state index contributed by atoms with van der Waals surface area (Å²) in [5.41, 5.74) is 0. The molecule has 0 spiro atoms. The second-order valence-corrected chi connectivity index (χ2v) is 6.61. The van der Waals surface area contributed by atoms with Gasteiger partial charge in [0, 0.05) is 13.1 Å². The number of hydrogen-bond acceptors (Lipinski definition) is 4. The van der Waals surface area contributed by atoms with Crippen LogP contribution in [-0.4, -0.2) is 49.7 Å². The number of nitrogens with zero attached hydrogens (tertiary/aromatic N) is 1. The number of likely N-dealkylation sites (tertiary alicyclic amines) is 1. The van der Waals surface area contributed by atoms with Crippen LogP contribution in [0.25, 0.3) is 0 Å². The van der Waals surface area contributed by atoms with Crippen LogP contribution in [0.5, 0.6) is 0 Å². The molecule has 1 saturated heterocycles. The number of carbonyl (C=O) groups is 1. The molecule has 4 nitrogen and oxygen atoms in total. The van der Waals surface area contributed by atoms with Gasteiger partial charge in [-0.15, -0.1) is 0 Å². The summed E-state index contributed by atoms with van der Waals surface area (Å²) < 4.78 is 5.22. The molecule has 0 radical (unpaired) electrons. The number of rotatable bonds is 7. The van der Waals surface area contributed by atoms with Gasteiger partial charge in [0.2, 0.25) is 0 Å². The molecule has 3 unspecified atom stereocenters. The van der Waals surface area contributed by atoms with Crippen molar-refractivity contribution in [1.82, 2.24) is 10.2 Å². The van der Waals surface area contributed by atoms with E-state index in [0.717, 1.165) is 37.9 Å². The number of hydrogen-bond donors (Lipinski definition) is 1. The summed E-state index contributed by atoms with van der Waals surface area (Å²) in [5, 5.41) is 3.36. The van der Waals surface area contributed by atoms with Crippen molar-refractivity contribution in [3.05, 3.63) is 0 Å². The highest BCUT2D eigenvalue weighted by molar-refractivity contribution is 5.76. The van der Waals surface area contributed by atoms with Gasteiger partial charge in [-0.2, -0.15) is 0 Å². The molecule has 1 aliphatic heterocycles. The standard InChI is InChI=1S/C17H32N2O2/c1-3-10-18-16(17(20)21-4-2)13-19-11-9-14-7-5-6-8-15(14)12-19/h14-16,18H,3-13H2,1-2H3. The monoisotopic (exact) mass is 296 g/mol. The molecule has 0 aromatic heterocycles. The third-order valence-electron chi connectivity index (χ3n) is 5.03. The van der Waals surface area contributed by atoms with Crippen molar-refractivity contribution in [3.8, 4) is 0 Å². The minimum absolute atomic E-state index is 0.0864. The highest BCUT2D eigenvalue weighted by Gasteiger charge is 2.33. The van der Waals surface area contributed by atoms with Gasteiger partial charge in [-0.3, -0.25) is 4.79 Å². The molecule has 0 amide bonds. The number of nitrogens with one attached hydrogen (secondary N) is 1. The summed E-state index contributed by atoms with van der Waals surface area (Å²) in [6, 6.07) is -0.162. The Morgan fingerprint density at radius 1 is 1.24 bits per heavy atom. The van der Waals surface area contributed by atoms with E-state index in [0.29, 0.717) is 6.61 Å². The van der Waals surface area contributed by atoms with Crippen LogP contribution in [0.1, 0.15) is 52.4 Å². The van der Waals surface area contributed by atoms with E-state index >= 15 is 0 Å². The van der Waals surface area contributed by atoms with Gasteiger partial charge in [-0.25, -0.2) is 0 Å². The second kappa shape index (κ2) is 8.74. The van der Waals surface area contributed by atoms with E-state index in [1.54, 1.807) is 0 Å². The van der Waals surface area contributed by atoms with Crippen molar-refractivity contribution in [2.75, 3.05) is 32.8 Å². The van der Waals surface area contributed by atoms with Crippen molar-refractivity contribution in [1.29, 1.82) is 0 Å². The Kier molecular flexibility index (Phi) is 6.97. The summed E-state index contributed by atoms with van der Waals surface area (Å²) >= 11 is 0. The molecule has 1 N–H and O–H groups in total. The number of piperidine rings is 1. The summed E-state index contributed by atoms with van der Waals surface area (Å²) in [5.74, 6) is 1.72. The van der Waals surface area contributed by atoms with Gasteiger partial charge >= 0.3 is 5.97 Å². The average molecular weight is 296 g/mol. The maximum absolute atomic E-state index is 12.1. The lowest BCUT2D eigenvalue weighted by Gasteiger charge is -2.42. The topological polar surface area (TPSA) is 41.6 Å². The molecule has 0 bridgehead atoms. The highest BCUT2D eigenvalue weighted by atomic mass is 16.5. The minimum Gasteiger partial charge on any atom is -0.465 e. The lowest BCUT2D eigenvalue weighted by molar-refractivity contribution is -0.146. The third kappa shape index (κ3) is 4.96. The third-order valence-corrected chi connectivity index (χ3v) is 5.03. The normalized spacial score (nSPS) is 27.9. The molecule has 2 aliphatic rings. The zero-order valence-electron chi connectivity index (χ0n) is 13.8. The first-order valence-corrected chi connectivity index (χ1v) is 8.87. The SMILES string of the molecule is CCCNC(CN1CCC2CCCCC2C1)C(=O)OCC. The van der Waals surface area contributed by atoms with Crippen molar-refractivity contribution in [2.45, 2.75) is 58.4 Å². The Labute approximate surface area is 129 Å². The molecule has 1 heterocycles. The van der Waals surface area contributed by atoms with E-state index in [1.807, 2.05) is 6.92 Å². The van der Waals surface area contributed by atoms with Gasteiger partial charge in [0.05, 0.1) is 6.61 Å². The van der Waals surface area contributed by atoms with E-state index in [2.05, 4.69) is 17.1 Å². The number of fused-ring (bicyclic) bond motifs is 1. The molecule has 0 aromatic rings. The van der Waals surface area contributed by atoms with E-state index in [4.69, 9.17) is 4.74 Å². The molecule has 2 fully saturated rings. The molecule has 21 heavy (non-hydrogen) atoms. The Morgan fingerprint density at radius 3 is 2.71 bits per heavy atom. The maximum atomic E-state index is 12.1. The zero-order chi connectivity index (χ0) is 15.1. The van der Waals surface area contributed by atoms with Gasteiger partial charge in [0.1, 0.15) is 6.04 Å². The predicted octanol–water partition coefficient (Wildman–Crippen LogP) is 2.43. The van der Waals surface area contributed by atoms with Gasteiger partial charge in [0.25, 0.3) is 0 Å². The molecular formula is C17H32N2O2. The van der Waals surface area contributed by atoms with Crippen LogP contribution in [0.3, 0.4) is 0 Å². The summed E-state index contributed by atoms with van der Waals surface area (Å²) in [6.45, 7) is 8.48. The van der Waals surface area contributed by atoms with Gasteiger partial charge in [-0.1, -0.05) is 26.2 Å². The Bertz CT molecular complexity index is 322. The lowest BCUT2D eigenvalue weighted by Crippen LogP contribution is -2.51. The molecule has 2 rings (SSSR count). The molecule has 1 aliphatic carbocycles. The fourth-order valence-corrected chi connectivity index (χ4v) is 3.88. The Hall–Kier alpha value is -0.610. The van der Waals surface area contributed by atoms with Gasteiger partial charge in [-0.05, 0) is 51.1 Å². The van der Waals surface area contributed by atoms with Crippen LogP contribution in [0, 0.1) is 11.8 Å². The molecule has 4 heteroatoms. The van der Waals surface area contributed by atoms with E-state index in [9.17, 15) is 4.79 Å². The van der Waals surface area contributed by atoms with E-state index in [-0.39, 0.29) is 12.0 Å². The minimum atomic E-state index is -0.162. The van der Waals surface area contributed by atoms with Crippen molar-refractivity contribution in [3.63, 3.8) is 0 Å². The average Bonchev–Trinajstić information content (AvgIpc) is 2.51. The molecule has 0 aromatic carbocycles. The maximum Gasteiger partial charge on any atom is 0.324 e. The van der Waals surface area contributed by atoms with Crippen LogP contribution in [0.4, 0.5) is 0 Å². The first kappa shape index (κ1) is 16.8. The van der Waals surface area contributed by atoms with Crippen molar-refractivity contribution >= 4 is 5.97 Å². The quantitative estimate of drug-likeness (QED) is 0.733.